The maximum absolute atomic E-state index is 5.35. The van der Waals surface area contributed by atoms with E-state index in [1.807, 2.05) is 0 Å². The molecule has 0 saturated carbocycles. The lowest BCUT2D eigenvalue weighted by atomic mass is 10.5. The smallest absolute Gasteiger partial charge is 0.170 e. The molecule has 2 rings (SSSR count). The molecule has 0 radical (unpaired) electrons. The van der Waals surface area contributed by atoms with E-state index >= 15 is 0 Å². The first-order valence-corrected chi connectivity index (χ1v) is 6.83. The van der Waals surface area contributed by atoms with Crippen LogP contribution < -0.4 is 0 Å². The lowest BCUT2D eigenvalue weighted by Crippen LogP contribution is -2.08. The highest BCUT2D eigenvalue weighted by molar-refractivity contribution is 8.00. The van der Waals surface area contributed by atoms with Crippen LogP contribution in [0.1, 0.15) is 19.2 Å². The van der Waals surface area contributed by atoms with Crippen molar-refractivity contribution in [2.24, 2.45) is 0 Å². The maximum Gasteiger partial charge on any atom is 0.170 e. The van der Waals surface area contributed by atoms with Crippen molar-refractivity contribution in [2.75, 3.05) is 19.0 Å². The zero-order valence-corrected chi connectivity index (χ0v) is 10.3. The van der Waals surface area contributed by atoms with Gasteiger partial charge in [-0.3, -0.25) is 0 Å². The fourth-order valence-corrected chi connectivity index (χ4v) is 2.98. The van der Waals surface area contributed by atoms with Crippen LogP contribution in [0, 0.1) is 0 Å². The van der Waals surface area contributed by atoms with Crippen molar-refractivity contribution < 1.29 is 9.47 Å². The summed E-state index contributed by atoms with van der Waals surface area (Å²) in [7, 11) is 0. The van der Waals surface area contributed by atoms with Crippen LogP contribution in [-0.2, 0) is 15.9 Å². The second-order valence-corrected chi connectivity index (χ2v) is 5.23. The highest BCUT2D eigenvalue weighted by Crippen LogP contribution is 2.22. The minimum absolute atomic E-state index is 0.00364. The Kier molecular flexibility index (Phi) is 4.37. The molecule has 1 aromatic heterocycles. The van der Waals surface area contributed by atoms with E-state index in [1.165, 1.54) is 11.5 Å². The third kappa shape index (κ3) is 3.41. The molecule has 0 N–H and O–H groups in total. The first-order chi connectivity index (χ1) is 7.38. The summed E-state index contributed by atoms with van der Waals surface area (Å²) in [5.74, 6) is 1.92. The molecule has 0 atom stereocenters. The second-order valence-electron chi connectivity index (χ2n) is 3.14. The van der Waals surface area contributed by atoms with E-state index in [0.717, 1.165) is 42.0 Å². The number of hydrogen-bond donors (Lipinski definition) is 0. The Bertz CT molecular complexity index is 300. The molecule has 0 aliphatic carbocycles. The van der Waals surface area contributed by atoms with Gasteiger partial charge in [0.05, 0.1) is 13.2 Å². The Morgan fingerprint density at radius 2 is 2.27 bits per heavy atom. The van der Waals surface area contributed by atoms with Gasteiger partial charge in [-0.05, 0) is 11.5 Å². The Balaban J connectivity index is 1.68. The van der Waals surface area contributed by atoms with Gasteiger partial charge in [-0.2, -0.15) is 4.37 Å². The molecular weight excluding hydrogens is 232 g/mol. The number of thioether (sulfide) groups is 1. The molecule has 1 aliphatic rings. The first kappa shape index (κ1) is 11.3. The second kappa shape index (κ2) is 5.79. The number of nitrogens with zero attached hydrogens (tertiary/aromatic N) is 2. The summed E-state index contributed by atoms with van der Waals surface area (Å²) in [4.78, 5) is 4.38. The van der Waals surface area contributed by atoms with Crippen molar-refractivity contribution in [1.29, 1.82) is 0 Å². The average molecular weight is 246 g/mol. The molecule has 0 aromatic carbocycles. The summed E-state index contributed by atoms with van der Waals surface area (Å²) in [5, 5.41) is 0. The molecule has 0 unspecified atom stereocenters. The molecule has 1 aliphatic heterocycles. The third-order valence-electron chi connectivity index (χ3n) is 2.04. The van der Waals surface area contributed by atoms with Crippen molar-refractivity contribution in [3.05, 3.63) is 5.82 Å². The van der Waals surface area contributed by atoms with Crippen LogP contribution in [0.3, 0.4) is 0 Å². The number of aromatic nitrogens is 2. The Labute approximate surface area is 97.6 Å². The summed E-state index contributed by atoms with van der Waals surface area (Å²) in [6.07, 6.45) is 1.83. The monoisotopic (exact) mass is 246 g/mol. The number of aryl methyl sites for hydroxylation is 1. The van der Waals surface area contributed by atoms with Crippen molar-refractivity contribution in [2.45, 2.75) is 30.4 Å². The molecule has 84 valence electrons. The van der Waals surface area contributed by atoms with Gasteiger partial charge in [0.25, 0.3) is 0 Å². The Morgan fingerprint density at radius 3 is 2.93 bits per heavy atom. The van der Waals surface area contributed by atoms with Gasteiger partial charge in [0.15, 0.2) is 10.6 Å². The zero-order valence-electron chi connectivity index (χ0n) is 8.64. The van der Waals surface area contributed by atoms with Crippen LogP contribution in [-0.4, -0.2) is 34.6 Å². The summed E-state index contributed by atoms with van der Waals surface area (Å²) in [6.45, 7) is 3.53. The van der Waals surface area contributed by atoms with Crippen LogP contribution in [0.25, 0.3) is 0 Å². The quantitative estimate of drug-likeness (QED) is 0.743. The van der Waals surface area contributed by atoms with Crippen molar-refractivity contribution in [3.8, 4) is 0 Å². The third-order valence-corrected chi connectivity index (χ3v) is 3.94. The maximum atomic E-state index is 5.35. The van der Waals surface area contributed by atoms with Gasteiger partial charge in [0.1, 0.15) is 5.82 Å². The summed E-state index contributed by atoms with van der Waals surface area (Å²) < 4.78 is 16.0. The standard InChI is InChI=1S/C9H14N2O2S2/c1-2-7-10-9(15-11-7)14-6-3-8-12-4-5-13-8/h8H,2-6H2,1H3. The summed E-state index contributed by atoms with van der Waals surface area (Å²) >= 11 is 3.21. The fraction of sp³-hybridized carbons (Fsp3) is 0.778. The van der Waals surface area contributed by atoms with Gasteiger partial charge in [0.2, 0.25) is 0 Å². The molecule has 0 spiro atoms. The fourth-order valence-electron chi connectivity index (χ4n) is 1.26. The molecule has 1 aromatic rings. The van der Waals surface area contributed by atoms with Gasteiger partial charge in [0, 0.05) is 18.6 Å². The van der Waals surface area contributed by atoms with Crippen LogP contribution in [0.15, 0.2) is 4.34 Å². The van der Waals surface area contributed by atoms with Crippen molar-refractivity contribution in [1.82, 2.24) is 9.36 Å². The van der Waals surface area contributed by atoms with E-state index in [0.29, 0.717) is 0 Å². The lowest BCUT2D eigenvalue weighted by molar-refractivity contribution is -0.0421. The van der Waals surface area contributed by atoms with Gasteiger partial charge >= 0.3 is 0 Å². The number of ether oxygens (including phenoxy) is 2. The van der Waals surface area contributed by atoms with Gasteiger partial charge in [-0.15, -0.1) is 0 Å². The van der Waals surface area contributed by atoms with Crippen molar-refractivity contribution >= 4 is 23.3 Å². The van der Waals surface area contributed by atoms with Crippen LogP contribution in [0.2, 0.25) is 0 Å². The van der Waals surface area contributed by atoms with E-state index in [-0.39, 0.29) is 6.29 Å². The first-order valence-electron chi connectivity index (χ1n) is 5.07. The number of rotatable bonds is 5. The molecule has 0 amide bonds. The van der Waals surface area contributed by atoms with Gasteiger partial charge < -0.3 is 9.47 Å². The molecule has 15 heavy (non-hydrogen) atoms. The Morgan fingerprint density at radius 1 is 1.47 bits per heavy atom. The number of hydrogen-bond acceptors (Lipinski definition) is 6. The minimum atomic E-state index is -0.00364. The highest BCUT2D eigenvalue weighted by Gasteiger charge is 2.15. The predicted octanol–water partition coefficient (Wildman–Crippen LogP) is 1.96. The van der Waals surface area contributed by atoms with E-state index in [4.69, 9.17) is 9.47 Å². The van der Waals surface area contributed by atoms with Crippen LogP contribution in [0.4, 0.5) is 0 Å². The van der Waals surface area contributed by atoms with Crippen LogP contribution >= 0.6 is 23.3 Å². The van der Waals surface area contributed by atoms with Gasteiger partial charge in [-0.1, -0.05) is 18.7 Å². The zero-order chi connectivity index (χ0) is 10.5. The molecule has 1 fully saturated rings. The van der Waals surface area contributed by atoms with E-state index in [1.54, 1.807) is 11.8 Å². The topological polar surface area (TPSA) is 44.2 Å². The van der Waals surface area contributed by atoms with E-state index in [9.17, 15) is 0 Å². The predicted molar refractivity (Wildman–Crippen MR) is 60.3 cm³/mol. The Hall–Kier alpha value is -0.170. The molecule has 6 heteroatoms. The average Bonchev–Trinajstić information content (AvgIpc) is 2.88. The highest BCUT2D eigenvalue weighted by atomic mass is 32.2. The SMILES string of the molecule is CCc1nsc(SCCC2OCCO2)n1. The molecular formula is C9H14N2O2S2. The molecule has 0 bridgehead atoms. The van der Waals surface area contributed by atoms with E-state index < -0.39 is 0 Å². The van der Waals surface area contributed by atoms with Crippen LogP contribution in [0.5, 0.6) is 0 Å². The van der Waals surface area contributed by atoms with Gasteiger partial charge in [-0.25, -0.2) is 4.98 Å². The molecule has 1 saturated heterocycles. The van der Waals surface area contributed by atoms with E-state index in [2.05, 4.69) is 16.3 Å². The molecule has 2 heterocycles. The lowest BCUT2D eigenvalue weighted by Gasteiger charge is -2.06. The van der Waals surface area contributed by atoms with Crippen molar-refractivity contribution in [3.63, 3.8) is 0 Å². The molecule has 4 nitrogen and oxygen atoms in total. The summed E-state index contributed by atoms with van der Waals surface area (Å²) in [5.41, 5.74) is 0. The normalized spacial score (nSPS) is 17.4. The summed E-state index contributed by atoms with van der Waals surface area (Å²) in [6, 6.07) is 0. The largest absolute Gasteiger partial charge is 0.350 e. The minimum Gasteiger partial charge on any atom is -0.350 e.